The van der Waals surface area contributed by atoms with Crippen molar-refractivity contribution in [2.24, 2.45) is 0 Å². The summed E-state index contributed by atoms with van der Waals surface area (Å²) < 4.78 is 5.26. The molecule has 0 bridgehead atoms. The second-order valence-corrected chi connectivity index (χ2v) is 7.08. The Bertz CT molecular complexity index is 894. The summed E-state index contributed by atoms with van der Waals surface area (Å²) >= 11 is 7.91. The van der Waals surface area contributed by atoms with Gasteiger partial charge in [-0.1, -0.05) is 11.6 Å². The van der Waals surface area contributed by atoms with Crippen LogP contribution < -0.4 is 5.32 Å². The molecule has 0 saturated carbocycles. The van der Waals surface area contributed by atoms with E-state index in [-0.39, 0.29) is 16.6 Å². The van der Waals surface area contributed by atoms with Gasteiger partial charge in [0.2, 0.25) is 5.95 Å². The smallest absolute Gasteiger partial charge is 0.274 e. The molecule has 0 unspecified atom stereocenters. The van der Waals surface area contributed by atoms with Crippen LogP contribution in [0.3, 0.4) is 0 Å². The Morgan fingerprint density at radius 2 is 2.36 bits per heavy atom. The molecule has 0 atom stereocenters. The fourth-order valence-corrected chi connectivity index (χ4v) is 3.81. The van der Waals surface area contributed by atoms with Crippen molar-refractivity contribution in [3.63, 3.8) is 0 Å². The van der Waals surface area contributed by atoms with Gasteiger partial charge in [-0.3, -0.25) is 4.79 Å². The lowest BCUT2D eigenvalue weighted by molar-refractivity contribution is 0.0730. The first kappa shape index (κ1) is 16.1. The molecule has 1 amide bonds. The lowest BCUT2D eigenvalue weighted by Crippen LogP contribution is -2.36. The number of halogens is 1. The maximum Gasteiger partial charge on any atom is 0.274 e. The lowest BCUT2D eigenvalue weighted by Gasteiger charge is -2.27. The van der Waals surface area contributed by atoms with Crippen molar-refractivity contribution in [2.45, 2.75) is 19.5 Å². The van der Waals surface area contributed by atoms with Gasteiger partial charge in [-0.05, 0) is 35.6 Å². The van der Waals surface area contributed by atoms with E-state index in [1.165, 1.54) is 16.6 Å². The molecule has 1 aliphatic rings. The molecule has 0 radical (unpaired) electrons. The van der Waals surface area contributed by atoms with Gasteiger partial charge in [0.05, 0.1) is 24.0 Å². The molecule has 1 aliphatic heterocycles. The van der Waals surface area contributed by atoms with Crippen LogP contribution in [0, 0.1) is 0 Å². The number of aromatic nitrogens is 2. The van der Waals surface area contributed by atoms with E-state index in [1.54, 1.807) is 22.5 Å². The third-order valence-corrected chi connectivity index (χ3v) is 5.34. The average molecular weight is 375 g/mol. The number of carbonyl (C=O) groups excluding carboxylic acids is 1. The second kappa shape index (κ2) is 6.85. The Morgan fingerprint density at radius 1 is 1.44 bits per heavy atom. The van der Waals surface area contributed by atoms with Crippen LogP contribution in [0.1, 0.15) is 26.7 Å². The normalized spacial score (nSPS) is 13.6. The van der Waals surface area contributed by atoms with Crippen LogP contribution in [0.25, 0.3) is 0 Å². The van der Waals surface area contributed by atoms with E-state index in [9.17, 15) is 4.79 Å². The maximum absolute atomic E-state index is 12.8. The summed E-state index contributed by atoms with van der Waals surface area (Å²) in [5.74, 6) is 0.926. The highest BCUT2D eigenvalue weighted by Crippen LogP contribution is 2.26. The van der Waals surface area contributed by atoms with Gasteiger partial charge in [0.25, 0.3) is 5.91 Å². The number of fused-ring (bicyclic) bond motifs is 1. The van der Waals surface area contributed by atoms with E-state index in [0.717, 1.165) is 12.2 Å². The van der Waals surface area contributed by atoms with Gasteiger partial charge in [0, 0.05) is 18.0 Å². The third-order valence-electron chi connectivity index (χ3n) is 4.04. The number of thiophene rings is 1. The van der Waals surface area contributed by atoms with Gasteiger partial charge in [0.15, 0.2) is 5.69 Å². The third kappa shape index (κ3) is 3.38. The Balaban J connectivity index is 1.51. The van der Waals surface area contributed by atoms with E-state index in [1.807, 2.05) is 12.1 Å². The quantitative estimate of drug-likeness (QED) is 0.755. The standard InChI is InChI=1S/C17H15ClN4O2S/c18-13-9-20-17(19-8-12-2-1-6-24-12)21-15(13)16(23)22-5-3-14-11(10-22)4-7-25-14/h1-2,4,6-7,9H,3,5,8,10H2,(H,19,20,21). The zero-order valence-corrected chi connectivity index (χ0v) is 14.8. The second-order valence-electron chi connectivity index (χ2n) is 5.67. The number of amides is 1. The fourth-order valence-electron chi connectivity index (χ4n) is 2.75. The summed E-state index contributed by atoms with van der Waals surface area (Å²) in [6.45, 7) is 1.69. The lowest BCUT2D eigenvalue weighted by atomic mass is 10.1. The molecule has 128 valence electrons. The molecule has 0 fully saturated rings. The van der Waals surface area contributed by atoms with Crippen molar-refractivity contribution in [1.29, 1.82) is 0 Å². The molecule has 4 heterocycles. The zero-order valence-electron chi connectivity index (χ0n) is 13.2. The van der Waals surface area contributed by atoms with Crippen LogP contribution in [0.15, 0.2) is 40.5 Å². The van der Waals surface area contributed by atoms with Crippen molar-refractivity contribution in [1.82, 2.24) is 14.9 Å². The minimum absolute atomic E-state index is 0.176. The monoisotopic (exact) mass is 374 g/mol. The molecule has 25 heavy (non-hydrogen) atoms. The molecule has 0 aromatic carbocycles. The fraction of sp³-hybridized carbons (Fsp3) is 0.235. The molecular weight excluding hydrogens is 360 g/mol. The van der Waals surface area contributed by atoms with Gasteiger partial charge in [-0.25, -0.2) is 9.97 Å². The summed E-state index contributed by atoms with van der Waals surface area (Å²) in [5, 5.41) is 5.36. The van der Waals surface area contributed by atoms with E-state index in [2.05, 4.69) is 26.7 Å². The van der Waals surface area contributed by atoms with Gasteiger partial charge < -0.3 is 14.6 Å². The first-order chi connectivity index (χ1) is 12.2. The summed E-state index contributed by atoms with van der Waals surface area (Å²) in [6, 6.07) is 5.72. The van der Waals surface area contributed by atoms with Crippen LogP contribution in [-0.4, -0.2) is 27.3 Å². The van der Waals surface area contributed by atoms with Gasteiger partial charge in [-0.15, -0.1) is 11.3 Å². The van der Waals surface area contributed by atoms with Gasteiger partial charge in [0.1, 0.15) is 5.76 Å². The van der Waals surface area contributed by atoms with Crippen molar-refractivity contribution >= 4 is 34.8 Å². The molecule has 0 spiro atoms. The van der Waals surface area contributed by atoms with Crippen molar-refractivity contribution < 1.29 is 9.21 Å². The Hall–Kier alpha value is -2.38. The molecule has 1 N–H and O–H groups in total. The number of nitrogens with one attached hydrogen (secondary N) is 1. The largest absolute Gasteiger partial charge is 0.467 e. The molecule has 3 aromatic heterocycles. The van der Waals surface area contributed by atoms with Crippen molar-refractivity contribution in [3.05, 3.63) is 63.0 Å². The Kier molecular flexibility index (Phi) is 4.42. The first-order valence-corrected chi connectivity index (χ1v) is 9.10. The molecule has 3 aromatic rings. The average Bonchev–Trinajstić information content (AvgIpc) is 3.31. The van der Waals surface area contributed by atoms with E-state index < -0.39 is 0 Å². The number of hydrogen-bond acceptors (Lipinski definition) is 6. The molecule has 8 heteroatoms. The summed E-state index contributed by atoms with van der Waals surface area (Å²) in [4.78, 5) is 24.4. The number of hydrogen-bond donors (Lipinski definition) is 1. The summed E-state index contributed by atoms with van der Waals surface area (Å²) in [7, 11) is 0. The van der Waals surface area contributed by atoms with Crippen LogP contribution in [0.4, 0.5) is 5.95 Å². The Morgan fingerprint density at radius 3 is 3.20 bits per heavy atom. The van der Waals surface area contributed by atoms with Crippen molar-refractivity contribution in [3.8, 4) is 0 Å². The maximum atomic E-state index is 12.8. The van der Waals surface area contributed by atoms with E-state index in [0.29, 0.717) is 25.6 Å². The summed E-state index contributed by atoms with van der Waals surface area (Å²) in [5.41, 5.74) is 1.42. The van der Waals surface area contributed by atoms with Crippen LogP contribution >= 0.6 is 22.9 Å². The van der Waals surface area contributed by atoms with Crippen molar-refractivity contribution in [2.75, 3.05) is 11.9 Å². The molecule has 4 rings (SSSR count). The highest BCUT2D eigenvalue weighted by molar-refractivity contribution is 7.10. The number of rotatable bonds is 4. The minimum Gasteiger partial charge on any atom is -0.467 e. The summed E-state index contributed by atoms with van der Waals surface area (Å²) in [6.07, 6.45) is 3.92. The predicted octanol–water partition coefficient (Wildman–Crippen LogP) is 3.60. The highest BCUT2D eigenvalue weighted by atomic mass is 35.5. The molecular formula is C17H15ClN4O2S. The highest BCUT2D eigenvalue weighted by Gasteiger charge is 2.25. The van der Waals surface area contributed by atoms with Gasteiger partial charge >= 0.3 is 0 Å². The SMILES string of the molecule is O=C(c1nc(NCc2ccco2)ncc1Cl)N1CCc2sccc2C1. The number of carbonyl (C=O) groups is 1. The zero-order chi connectivity index (χ0) is 17.2. The number of anilines is 1. The van der Waals surface area contributed by atoms with Crippen LogP contribution in [0.2, 0.25) is 5.02 Å². The minimum atomic E-state index is -0.176. The predicted molar refractivity (Wildman–Crippen MR) is 95.8 cm³/mol. The number of nitrogens with zero attached hydrogens (tertiary/aromatic N) is 3. The van der Waals surface area contributed by atoms with E-state index >= 15 is 0 Å². The number of furan rings is 1. The molecule has 0 aliphatic carbocycles. The molecule has 0 saturated heterocycles. The van der Waals surface area contributed by atoms with Gasteiger partial charge in [-0.2, -0.15) is 0 Å². The van der Waals surface area contributed by atoms with Crippen LogP contribution in [-0.2, 0) is 19.5 Å². The Labute approximate surface area is 153 Å². The first-order valence-electron chi connectivity index (χ1n) is 7.84. The van der Waals surface area contributed by atoms with E-state index in [4.69, 9.17) is 16.0 Å². The topological polar surface area (TPSA) is 71.3 Å². The van der Waals surface area contributed by atoms with Crippen LogP contribution in [0.5, 0.6) is 0 Å². The molecule has 6 nitrogen and oxygen atoms in total.